The molecule has 0 saturated heterocycles. The van der Waals surface area contributed by atoms with Crippen LogP contribution in [0.25, 0.3) is 44.3 Å². The molecule has 9 rings (SSSR count). The Bertz CT molecular complexity index is 1580. The van der Waals surface area contributed by atoms with Crippen molar-refractivity contribution in [3.8, 4) is 22.5 Å². The monoisotopic (exact) mass is 464 g/mol. The fourth-order valence-corrected chi connectivity index (χ4v) is 8.45. The van der Waals surface area contributed by atoms with Crippen LogP contribution < -0.4 is 0 Å². The van der Waals surface area contributed by atoms with E-state index in [4.69, 9.17) is 9.97 Å². The van der Waals surface area contributed by atoms with Crippen LogP contribution in [0.3, 0.4) is 0 Å². The molecule has 0 spiro atoms. The zero-order chi connectivity index (χ0) is 23.4. The summed E-state index contributed by atoms with van der Waals surface area (Å²) >= 11 is 0. The molecule has 4 bridgehead atoms. The third-order valence-corrected chi connectivity index (χ3v) is 9.84. The van der Waals surface area contributed by atoms with E-state index >= 15 is 0 Å². The molecule has 2 heteroatoms. The molecule has 2 fully saturated rings. The highest BCUT2D eigenvalue weighted by Gasteiger charge is 2.43. The summed E-state index contributed by atoms with van der Waals surface area (Å²) in [6.45, 7) is 0. The van der Waals surface area contributed by atoms with Gasteiger partial charge < -0.3 is 0 Å². The molecule has 2 aromatic heterocycles. The molecule has 0 aliphatic heterocycles. The van der Waals surface area contributed by atoms with Gasteiger partial charge in [0, 0.05) is 21.9 Å². The van der Waals surface area contributed by atoms with Gasteiger partial charge in [0.15, 0.2) is 0 Å². The second-order valence-corrected chi connectivity index (χ2v) is 11.6. The summed E-state index contributed by atoms with van der Waals surface area (Å²) in [6, 6.07) is 26.6. The van der Waals surface area contributed by atoms with Gasteiger partial charge in [0.05, 0.1) is 22.4 Å². The van der Waals surface area contributed by atoms with Gasteiger partial charge in [-0.05, 0) is 96.6 Å². The lowest BCUT2D eigenvalue weighted by atomic mass is 9.83. The lowest BCUT2D eigenvalue weighted by Crippen LogP contribution is -2.06. The first-order valence-corrected chi connectivity index (χ1v) is 13.8. The van der Waals surface area contributed by atoms with Crippen molar-refractivity contribution < 1.29 is 0 Å². The highest BCUT2D eigenvalue weighted by atomic mass is 14.8. The summed E-state index contributed by atoms with van der Waals surface area (Å²) < 4.78 is 0. The molecule has 0 amide bonds. The Morgan fingerprint density at radius 1 is 0.472 bits per heavy atom. The lowest BCUT2D eigenvalue weighted by Gasteiger charge is -2.24. The second kappa shape index (κ2) is 7.03. The Morgan fingerprint density at radius 2 is 0.889 bits per heavy atom. The molecule has 3 aromatic carbocycles. The first-order valence-electron chi connectivity index (χ1n) is 13.8. The second-order valence-electron chi connectivity index (χ2n) is 11.6. The van der Waals surface area contributed by atoms with Crippen LogP contribution in [0.4, 0.5) is 0 Å². The molecule has 2 heterocycles. The quantitative estimate of drug-likeness (QED) is 0.244. The number of benzene rings is 3. The summed E-state index contributed by atoms with van der Waals surface area (Å²) in [5, 5.41) is 2.81. The van der Waals surface area contributed by atoms with E-state index in [1.54, 1.807) is 22.3 Å². The van der Waals surface area contributed by atoms with Gasteiger partial charge in [-0.25, -0.2) is 9.97 Å². The standard InChI is InChI=1S/C34H28N2/c1-3-7-19(8-4-1)33-31-23-13-11-21(15-23)29(31)25-17-26-28(18-27(25)35-33)36-34(20-9-5-2-6-10-20)32-24-14-12-22(16-24)30(26)32/h1-10,17-18,21-24H,11-16H2. The van der Waals surface area contributed by atoms with Gasteiger partial charge in [-0.1, -0.05) is 60.7 Å². The maximum atomic E-state index is 5.39. The average Bonchev–Trinajstić information content (AvgIpc) is 3.74. The average molecular weight is 465 g/mol. The van der Waals surface area contributed by atoms with Crippen molar-refractivity contribution in [2.45, 2.75) is 62.2 Å². The molecule has 2 saturated carbocycles. The van der Waals surface area contributed by atoms with Crippen LogP contribution in [-0.4, -0.2) is 9.97 Å². The number of hydrogen-bond donors (Lipinski definition) is 0. The van der Waals surface area contributed by atoms with E-state index in [-0.39, 0.29) is 0 Å². The number of pyridine rings is 2. The molecule has 0 radical (unpaired) electrons. The predicted molar refractivity (Wildman–Crippen MR) is 147 cm³/mol. The van der Waals surface area contributed by atoms with E-state index in [2.05, 4.69) is 72.8 Å². The molecule has 4 unspecified atom stereocenters. The van der Waals surface area contributed by atoms with Crippen molar-refractivity contribution >= 4 is 21.8 Å². The third-order valence-electron chi connectivity index (χ3n) is 9.84. The lowest BCUT2D eigenvalue weighted by molar-refractivity contribution is 0.719. The fourth-order valence-electron chi connectivity index (χ4n) is 8.45. The zero-order valence-electron chi connectivity index (χ0n) is 20.4. The van der Waals surface area contributed by atoms with Gasteiger partial charge in [-0.15, -0.1) is 0 Å². The van der Waals surface area contributed by atoms with Crippen molar-refractivity contribution in [2.75, 3.05) is 0 Å². The van der Waals surface area contributed by atoms with Crippen LogP contribution >= 0.6 is 0 Å². The first-order chi connectivity index (χ1) is 17.8. The van der Waals surface area contributed by atoms with E-state index < -0.39 is 0 Å². The van der Waals surface area contributed by atoms with E-state index in [1.807, 2.05) is 0 Å². The van der Waals surface area contributed by atoms with Crippen molar-refractivity contribution in [3.63, 3.8) is 0 Å². The Kier molecular flexibility index (Phi) is 3.84. The zero-order valence-corrected chi connectivity index (χ0v) is 20.4. The number of aromatic nitrogens is 2. The van der Waals surface area contributed by atoms with Gasteiger partial charge in [0.2, 0.25) is 0 Å². The molecule has 4 atom stereocenters. The minimum Gasteiger partial charge on any atom is -0.247 e. The molecule has 174 valence electrons. The normalized spacial score (nSPS) is 25.1. The van der Waals surface area contributed by atoms with Crippen LogP contribution in [0.15, 0.2) is 72.8 Å². The highest BCUT2D eigenvalue weighted by Crippen LogP contribution is 2.59. The molecule has 4 aliphatic rings. The van der Waals surface area contributed by atoms with Crippen molar-refractivity contribution in [3.05, 3.63) is 95.1 Å². The minimum atomic E-state index is 0.674. The van der Waals surface area contributed by atoms with E-state index in [9.17, 15) is 0 Å². The van der Waals surface area contributed by atoms with Gasteiger partial charge in [-0.3, -0.25) is 0 Å². The van der Waals surface area contributed by atoms with Crippen LogP contribution in [0.1, 0.15) is 84.5 Å². The number of rotatable bonds is 2. The summed E-state index contributed by atoms with van der Waals surface area (Å²) in [6.07, 6.45) is 7.91. The number of fused-ring (bicyclic) bond motifs is 14. The molecule has 0 N–H and O–H groups in total. The van der Waals surface area contributed by atoms with Crippen molar-refractivity contribution in [1.29, 1.82) is 0 Å². The van der Waals surface area contributed by atoms with Crippen LogP contribution in [-0.2, 0) is 0 Å². The SMILES string of the molecule is c1ccc(-c2nc3cc4nc(-c5ccccc5)c5c(c4cc3c3c2C2CCC3C2)C2CCC5C2)cc1. The largest absolute Gasteiger partial charge is 0.247 e. The van der Waals surface area contributed by atoms with Crippen molar-refractivity contribution in [1.82, 2.24) is 9.97 Å². The fraction of sp³-hybridized carbons (Fsp3) is 0.294. The van der Waals surface area contributed by atoms with Gasteiger partial charge >= 0.3 is 0 Å². The molecule has 4 aliphatic carbocycles. The molecular formula is C34H28N2. The number of hydrogen-bond acceptors (Lipinski definition) is 2. The molecule has 36 heavy (non-hydrogen) atoms. The Morgan fingerprint density at radius 3 is 1.33 bits per heavy atom. The Labute approximate surface area is 211 Å². The first kappa shape index (κ1) is 19.6. The Hall–Kier alpha value is -3.52. The molecular weight excluding hydrogens is 436 g/mol. The number of nitrogens with zero attached hydrogens (tertiary/aromatic N) is 2. The van der Waals surface area contributed by atoms with E-state index in [1.165, 1.54) is 71.8 Å². The van der Waals surface area contributed by atoms with Crippen LogP contribution in [0.5, 0.6) is 0 Å². The van der Waals surface area contributed by atoms with Crippen molar-refractivity contribution in [2.24, 2.45) is 0 Å². The highest BCUT2D eigenvalue weighted by molar-refractivity contribution is 6.02. The van der Waals surface area contributed by atoms with Gasteiger partial charge in [0.25, 0.3) is 0 Å². The van der Waals surface area contributed by atoms with Crippen LogP contribution in [0, 0.1) is 0 Å². The molecule has 5 aromatic rings. The summed E-state index contributed by atoms with van der Waals surface area (Å²) in [7, 11) is 0. The summed E-state index contributed by atoms with van der Waals surface area (Å²) in [4.78, 5) is 10.8. The van der Waals surface area contributed by atoms with Gasteiger partial charge in [0.1, 0.15) is 0 Å². The smallest absolute Gasteiger partial charge is 0.0747 e. The van der Waals surface area contributed by atoms with E-state index in [0.717, 1.165) is 11.0 Å². The van der Waals surface area contributed by atoms with Crippen LogP contribution in [0.2, 0.25) is 0 Å². The topological polar surface area (TPSA) is 25.8 Å². The molecule has 2 nitrogen and oxygen atoms in total. The summed E-state index contributed by atoms with van der Waals surface area (Å²) in [5.74, 6) is 2.73. The van der Waals surface area contributed by atoms with E-state index in [0.29, 0.717) is 23.7 Å². The third kappa shape index (κ3) is 2.52. The maximum Gasteiger partial charge on any atom is 0.0747 e. The predicted octanol–water partition coefficient (Wildman–Crippen LogP) is 8.85. The van der Waals surface area contributed by atoms with Gasteiger partial charge in [-0.2, -0.15) is 0 Å². The minimum absolute atomic E-state index is 0.674. The maximum absolute atomic E-state index is 5.39. The summed E-state index contributed by atoms with van der Waals surface area (Å²) in [5.41, 5.74) is 13.5. The Balaban J connectivity index is 1.39.